The minimum absolute atomic E-state index is 0.0282. The number of hydrogen-bond donors (Lipinski definition) is 2. The molecule has 1 fully saturated rings. The average Bonchev–Trinajstić information content (AvgIpc) is 2.73. The Kier molecular flexibility index (Phi) is 6.63. The summed E-state index contributed by atoms with van der Waals surface area (Å²) in [6, 6.07) is 11.1. The number of amides is 2. The first kappa shape index (κ1) is 19.9. The molecule has 2 aromatic rings. The number of anilines is 2. The van der Waals surface area contributed by atoms with E-state index in [-0.39, 0.29) is 11.5 Å². The smallest absolute Gasteiger partial charge is 0.258 e. The van der Waals surface area contributed by atoms with E-state index < -0.39 is 11.7 Å². The second-order valence-corrected chi connectivity index (χ2v) is 6.97. The third-order valence-electron chi connectivity index (χ3n) is 4.85. The number of rotatable bonds is 6. The number of carbonyl (C=O) groups excluding carboxylic acids is 2. The fraction of sp³-hybridized carbons (Fsp3) is 0.364. The molecule has 2 N–H and O–H groups in total. The molecule has 0 aromatic heterocycles. The zero-order valence-electron chi connectivity index (χ0n) is 16.1. The molecule has 1 aliphatic heterocycles. The fourth-order valence-corrected chi connectivity index (χ4v) is 3.38. The van der Waals surface area contributed by atoms with E-state index >= 15 is 0 Å². The lowest BCUT2D eigenvalue weighted by atomic mass is 10.1. The molecule has 0 atom stereocenters. The second kappa shape index (κ2) is 9.35. The molecule has 0 aliphatic carbocycles. The molecule has 0 radical (unpaired) electrons. The molecule has 28 heavy (non-hydrogen) atoms. The third kappa shape index (κ3) is 4.68. The van der Waals surface area contributed by atoms with E-state index in [0.29, 0.717) is 17.8 Å². The number of halogens is 1. The van der Waals surface area contributed by atoms with Crippen LogP contribution in [0.4, 0.5) is 15.8 Å². The van der Waals surface area contributed by atoms with E-state index in [9.17, 15) is 14.0 Å². The lowest BCUT2D eigenvalue weighted by Gasteiger charge is -2.30. The second-order valence-electron chi connectivity index (χ2n) is 6.97. The lowest BCUT2D eigenvalue weighted by molar-refractivity contribution is 0.0952. The first-order valence-electron chi connectivity index (χ1n) is 9.83. The lowest BCUT2D eigenvalue weighted by Crippen LogP contribution is -2.33. The van der Waals surface area contributed by atoms with Crippen LogP contribution in [-0.2, 0) is 0 Å². The molecular formula is C22H26FN3O2. The average molecular weight is 383 g/mol. The van der Waals surface area contributed by atoms with Crippen LogP contribution in [0.1, 0.15) is 53.3 Å². The van der Waals surface area contributed by atoms with Gasteiger partial charge in [-0.15, -0.1) is 0 Å². The molecule has 0 saturated carbocycles. The van der Waals surface area contributed by atoms with Crippen LogP contribution in [0.3, 0.4) is 0 Å². The van der Waals surface area contributed by atoms with Crippen molar-refractivity contribution in [2.24, 2.45) is 0 Å². The molecule has 2 amide bonds. The van der Waals surface area contributed by atoms with Gasteiger partial charge in [-0.3, -0.25) is 9.59 Å². The van der Waals surface area contributed by atoms with Crippen molar-refractivity contribution in [3.63, 3.8) is 0 Å². The molecule has 2 aromatic carbocycles. The van der Waals surface area contributed by atoms with Gasteiger partial charge in [-0.05, 0) is 56.0 Å². The Morgan fingerprint density at radius 3 is 2.46 bits per heavy atom. The highest BCUT2D eigenvalue weighted by Gasteiger charge is 2.20. The minimum Gasteiger partial charge on any atom is -0.371 e. The van der Waals surface area contributed by atoms with E-state index in [2.05, 4.69) is 15.5 Å². The van der Waals surface area contributed by atoms with Crippen LogP contribution in [0.15, 0.2) is 42.5 Å². The third-order valence-corrected chi connectivity index (χ3v) is 4.85. The number of nitrogens with zero attached hydrogens (tertiary/aromatic N) is 1. The van der Waals surface area contributed by atoms with Crippen LogP contribution >= 0.6 is 0 Å². The van der Waals surface area contributed by atoms with Crippen molar-refractivity contribution in [1.29, 1.82) is 0 Å². The highest BCUT2D eigenvalue weighted by atomic mass is 19.1. The summed E-state index contributed by atoms with van der Waals surface area (Å²) in [5.41, 5.74) is 1.84. The maximum atomic E-state index is 13.9. The topological polar surface area (TPSA) is 61.4 Å². The van der Waals surface area contributed by atoms with Crippen LogP contribution in [0.25, 0.3) is 0 Å². The predicted octanol–water partition coefficient (Wildman–Crippen LogP) is 4.21. The first-order chi connectivity index (χ1) is 13.6. The van der Waals surface area contributed by atoms with Gasteiger partial charge in [0.05, 0.1) is 11.1 Å². The summed E-state index contributed by atoms with van der Waals surface area (Å²) in [5.74, 6) is -1.28. The molecule has 3 rings (SSSR count). The van der Waals surface area contributed by atoms with Crippen molar-refractivity contribution < 1.29 is 14.0 Å². The Balaban J connectivity index is 1.87. The molecule has 1 aliphatic rings. The zero-order valence-corrected chi connectivity index (χ0v) is 16.1. The monoisotopic (exact) mass is 383 g/mol. The summed E-state index contributed by atoms with van der Waals surface area (Å²) in [4.78, 5) is 27.3. The summed E-state index contributed by atoms with van der Waals surface area (Å²) < 4.78 is 13.9. The predicted molar refractivity (Wildman–Crippen MR) is 109 cm³/mol. The van der Waals surface area contributed by atoms with Gasteiger partial charge in [0.15, 0.2) is 0 Å². The van der Waals surface area contributed by atoms with Gasteiger partial charge < -0.3 is 15.5 Å². The van der Waals surface area contributed by atoms with Crippen LogP contribution in [0, 0.1) is 5.82 Å². The quantitative estimate of drug-likeness (QED) is 0.786. The number of nitrogens with one attached hydrogen (secondary N) is 2. The van der Waals surface area contributed by atoms with Crippen molar-refractivity contribution >= 4 is 23.2 Å². The minimum atomic E-state index is -0.578. The molecule has 5 nitrogen and oxygen atoms in total. The van der Waals surface area contributed by atoms with Gasteiger partial charge in [-0.2, -0.15) is 0 Å². The summed E-state index contributed by atoms with van der Waals surface area (Å²) in [6.45, 7) is 4.41. The SMILES string of the molecule is CCCNC(=O)c1cc(NC(=O)c2ccccc2F)ccc1N1CCCCC1. The number of piperidine rings is 1. The molecular weight excluding hydrogens is 357 g/mol. The van der Waals surface area contributed by atoms with Gasteiger partial charge >= 0.3 is 0 Å². The van der Waals surface area contributed by atoms with Gasteiger partial charge in [0.25, 0.3) is 11.8 Å². The Morgan fingerprint density at radius 1 is 1.00 bits per heavy atom. The van der Waals surface area contributed by atoms with Gasteiger partial charge in [-0.1, -0.05) is 19.1 Å². The molecule has 0 bridgehead atoms. The molecule has 148 valence electrons. The number of carbonyl (C=O) groups is 2. The van der Waals surface area contributed by atoms with Crippen molar-refractivity contribution in [3.05, 3.63) is 59.4 Å². The Labute approximate surface area is 164 Å². The molecule has 1 heterocycles. The molecule has 0 spiro atoms. The van der Waals surface area contributed by atoms with Gasteiger partial charge in [-0.25, -0.2) is 4.39 Å². The molecule has 6 heteroatoms. The number of benzene rings is 2. The fourth-order valence-electron chi connectivity index (χ4n) is 3.38. The Morgan fingerprint density at radius 2 is 1.75 bits per heavy atom. The first-order valence-corrected chi connectivity index (χ1v) is 9.83. The highest BCUT2D eigenvalue weighted by Crippen LogP contribution is 2.27. The Bertz CT molecular complexity index is 847. The van der Waals surface area contributed by atoms with Crippen LogP contribution in [0.5, 0.6) is 0 Å². The summed E-state index contributed by atoms with van der Waals surface area (Å²) in [6.07, 6.45) is 4.24. The standard InChI is InChI=1S/C22H26FN3O2/c1-2-12-24-21(27)18-15-16(10-11-20(18)26-13-6-3-7-14-26)25-22(28)17-8-4-5-9-19(17)23/h4-5,8-11,15H,2-3,6-7,12-14H2,1H3,(H,24,27)(H,25,28). The largest absolute Gasteiger partial charge is 0.371 e. The van der Waals surface area contributed by atoms with Crippen LogP contribution in [-0.4, -0.2) is 31.4 Å². The zero-order chi connectivity index (χ0) is 19.9. The van der Waals surface area contributed by atoms with E-state index in [1.54, 1.807) is 18.2 Å². The van der Waals surface area contributed by atoms with Crippen LogP contribution in [0.2, 0.25) is 0 Å². The van der Waals surface area contributed by atoms with E-state index in [1.165, 1.54) is 24.6 Å². The van der Waals surface area contributed by atoms with Gasteiger partial charge in [0.2, 0.25) is 0 Å². The Hall–Kier alpha value is -2.89. The van der Waals surface area contributed by atoms with Crippen molar-refractivity contribution in [2.45, 2.75) is 32.6 Å². The number of hydrogen-bond acceptors (Lipinski definition) is 3. The molecule has 0 unspecified atom stereocenters. The summed E-state index contributed by atoms with van der Waals surface area (Å²) in [7, 11) is 0. The van der Waals surface area contributed by atoms with Crippen molar-refractivity contribution in [2.75, 3.05) is 29.9 Å². The maximum absolute atomic E-state index is 13.9. The van der Waals surface area contributed by atoms with Crippen molar-refractivity contribution in [3.8, 4) is 0 Å². The normalized spacial score (nSPS) is 13.9. The van der Waals surface area contributed by atoms with Gasteiger partial charge in [0, 0.05) is 31.0 Å². The maximum Gasteiger partial charge on any atom is 0.258 e. The summed E-state index contributed by atoms with van der Waals surface area (Å²) in [5, 5.41) is 5.61. The van der Waals surface area contributed by atoms with Gasteiger partial charge in [0.1, 0.15) is 5.82 Å². The van der Waals surface area contributed by atoms with E-state index in [4.69, 9.17) is 0 Å². The highest BCUT2D eigenvalue weighted by molar-refractivity contribution is 6.06. The van der Waals surface area contributed by atoms with E-state index in [1.807, 2.05) is 13.0 Å². The van der Waals surface area contributed by atoms with Crippen molar-refractivity contribution in [1.82, 2.24) is 5.32 Å². The summed E-state index contributed by atoms with van der Waals surface area (Å²) >= 11 is 0. The molecule has 1 saturated heterocycles. The van der Waals surface area contributed by atoms with Crippen LogP contribution < -0.4 is 15.5 Å². The van der Waals surface area contributed by atoms with E-state index in [0.717, 1.165) is 38.0 Å².